The molecule has 8 heteroatoms. The van der Waals surface area contributed by atoms with Gasteiger partial charge in [0, 0.05) is 29.2 Å². The van der Waals surface area contributed by atoms with E-state index in [0.29, 0.717) is 23.1 Å². The lowest BCUT2D eigenvalue weighted by molar-refractivity contribution is -0.129. The second-order valence-corrected chi connectivity index (χ2v) is 8.13. The van der Waals surface area contributed by atoms with Crippen molar-refractivity contribution in [2.45, 2.75) is 18.6 Å². The first-order valence-electron chi connectivity index (χ1n) is 8.76. The van der Waals surface area contributed by atoms with E-state index in [1.807, 2.05) is 31.2 Å². The highest BCUT2D eigenvalue weighted by molar-refractivity contribution is 9.10. The second-order valence-electron chi connectivity index (χ2n) is 6.04. The summed E-state index contributed by atoms with van der Waals surface area (Å²) in [6.45, 7) is 2.40. The molecule has 6 nitrogen and oxygen atoms in total. The molecule has 1 saturated heterocycles. The molecule has 146 valence electrons. The zero-order valence-electron chi connectivity index (χ0n) is 15.5. The molecule has 1 aliphatic heterocycles. The number of nitrogens with one attached hydrogen (secondary N) is 1. The van der Waals surface area contributed by atoms with Crippen LogP contribution in [0.15, 0.2) is 58.0 Å². The Morgan fingerprint density at radius 2 is 2.07 bits per heavy atom. The molecule has 1 N–H and O–H groups in total. The topological polar surface area (TPSA) is 71.0 Å². The van der Waals surface area contributed by atoms with Crippen LogP contribution in [0.2, 0.25) is 0 Å². The van der Waals surface area contributed by atoms with Crippen LogP contribution in [0.5, 0.6) is 5.75 Å². The number of halogens is 1. The number of carbonyl (C=O) groups is 2. The first-order chi connectivity index (χ1) is 13.5. The largest absolute Gasteiger partial charge is 0.497 e. The number of amides is 2. The summed E-state index contributed by atoms with van der Waals surface area (Å²) in [5, 5.41) is 2.85. The van der Waals surface area contributed by atoms with Crippen molar-refractivity contribution in [2.75, 3.05) is 19.0 Å². The van der Waals surface area contributed by atoms with E-state index in [2.05, 4.69) is 26.2 Å². The fourth-order valence-electron chi connectivity index (χ4n) is 2.70. The summed E-state index contributed by atoms with van der Waals surface area (Å²) in [6.07, 6.45) is 0.133. The number of carbonyl (C=O) groups excluding carboxylic acids is 2. The van der Waals surface area contributed by atoms with Crippen molar-refractivity contribution >= 4 is 56.0 Å². The number of amidine groups is 1. The van der Waals surface area contributed by atoms with E-state index in [-0.39, 0.29) is 18.2 Å². The molecule has 1 atom stereocenters. The summed E-state index contributed by atoms with van der Waals surface area (Å²) in [5.41, 5.74) is 1.35. The first-order valence-corrected chi connectivity index (χ1v) is 10.4. The third kappa shape index (κ3) is 4.94. The highest BCUT2D eigenvalue weighted by atomic mass is 79.9. The normalized spacial score (nSPS) is 18.2. The molecule has 1 fully saturated rings. The molecular formula is C20H20BrN3O3S. The number of ether oxygens (including phenoxy) is 1. The van der Waals surface area contributed by atoms with E-state index in [1.54, 1.807) is 36.3 Å². The van der Waals surface area contributed by atoms with E-state index in [4.69, 9.17) is 4.74 Å². The van der Waals surface area contributed by atoms with Gasteiger partial charge >= 0.3 is 0 Å². The molecule has 0 spiro atoms. The third-order valence-corrected chi connectivity index (χ3v) is 5.85. The Balaban J connectivity index is 1.79. The van der Waals surface area contributed by atoms with Crippen LogP contribution in [0, 0.1) is 0 Å². The Labute approximate surface area is 176 Å². The van der Waals surface area contributed by atoms with Crippen molar-refractivity contribution in [2.24, 2.45) is 4.99 Å². The van der Waals surface area contributed by atoms with Gasteiger partial charge in [-0.1, -0.05) is 33.8 Å². The van der Waals surface area contributed by atoms with E-state index in [1.165, 1.54) is 11.8 Å². The number of hydrogen-bond acceptors (Lipinski definition) is 5. The molecular weight excluding hydrogens is 442 g/mol. The number of hydrogen-bond donors (Lipinski definition) is 1. The number of rotatable bonds is 5. The minimum Gasteiger partial charge on any atom is -0.497 e. The van der Waals surface area contributed by atoms with Crippen LogP contribution >= 0.6 is 27.7 Å². The average Bonchev–Trinajstić information content (AvgIpc) is 2.69. The predicted molar refractivity (Wildman–Crippen MR) is 116 cm³/mol. The van der Waals surface area contributed by atoms with Crippen molar-refractivity contribution in [3.8, 4) is 5.75 Å². The average molecular weight is 462 g/mol. The molecule has 0 bridgehead atoms. The number of nitrogens with zero attached hydrogens (tertiary/aromatic N) is 2. The fourth-order valence-corrected chi connectivity index (χ4v) is 4.13. The van der Waals surface area contributed by atoms with Gasteiger partial charge in [0.15, 0.2) is 5.17 Å². The molecule has 28 heavy (non-hydrogen) atoms. The van der Waals surface area contributed by atoms with Crippen LogP contribution in [-0.4, -0.2) is 40.8 Å². The van der Waals surface area contributed by atoms with Gasteiger partial charge in [0.1, 0.15) is 11.0 Å². The summed E-state index contributed by atoms with van der Waals surface area (Å²) >= 11 is 4.70. The van der Waals surface area contributed by atoms with Gasteiger partial charge in [0.05, 0.1) is 12.8 Å². The molecule has 1 heterocycles. The van der Waals surface area contributed by atoms with Gasteiger partial charge in [-0.05, 0) is 43.3 Å². The SMILES string of the molecule is CCN1C(=O)CC(C(=O)Nc2cccc(OC)c2)SC1=Nc1ccc(Br)cc1. The zero-order chi connectivity index (χ0) is 20.1. The van der Waals surface area contributed by atoms with Crippen molar-refractivity contribution in [1.82, 2.24) is 4.90 Å². The highest BCUT2D eigenvalue weighted by Gasteiger charge is 2.35. The van der Waals surface area contributed by atoms with Gasteiger partial charge in [0.25, 0.3) is 0 Å². The number of aliphatic imine (C=N–C) groups is 1. The highest BCUT2D eigenvalue weighted by Crippen LogP contribution is 2.30. The monoisotopic (exact) mass is 461 g/mol. The van der Waals surface area contributed by atoms with Crippen molar-refractivity contribution < 1.29 is 14.3 Å². The van der Waals surface area contributed by atoms with E-state index >= 15 is 0 Å². The molecule has 0 saturated carbocycles. The first kappa shape index (κ1) is 20.4. The maximum atomic E-state index is 12.7. The Hall–Kier alpha value is -2.32. The molecule has 0 aromatic heterocycles. The van der Waals surface area contributed by atoms with Gasteiger partial charge in [-0.15, -0.1) is 0 Å². The molecule has 3 rings (SSSR count). The van der Waals surface area contributed by atoms with Gasteiger partial charge in [0.2, 0.25) is 11.8 Å². The Morgan fingerprint density at radius 1 is 1.32 bits per heavy atom. The Kier molecular flexibility index (Phi) is 6.74. The molecule has 2 aromatic rings. The maximum absolute atomic E-state index is 12.7. The van der Waals surface area contributed by atoms with E-state index < -0.39 is 5.25 Å². The van der Waals surface area contributed by atoms with Gasteiger partial charge in [-0.2, -0.15) is 0 Å². The van der Waals surface area contributed by atoms with Gasteiger partial charge < -0.3 is 10.1 Å². The molecule has 0 aliphatic carbocycles. The summed E-state index contributed by atoms with van der Waals surface area (Å²) < 4.78 is 6.13. The molecule has 1 aliphatic rings. The van der Waals surface area contributed by atoms with Crippen LogP contribution in [0.3, 0.4) is 0 Å². The predicted octanol–water partition coefficient (Wildman–Crippen LogP) is 4.44. The quantitative estimate of drug-likeness (QED) is 0.714. The molecule has 2 aromatic carbocycles. The molecule has 2 amide bonds. The number of methoxy groups -OCH3 is 1. The third-order valence-electron chi connectivity index (χ3n) is 4.14. The van der Waals surface area contributed by atoms with Crippen LogP contribution in [-0.2, 0) is 9.59 Å². The Morgan fingerprint density at radius 3 is 2.75 bits per heavy atom. The zero-order valence-corrected chi connectivity index (χ0v) is 17.9. The lowest BCUT2D eigenvalue weighted by atomic mass is 10.2. The second kappa shape index (κ2) is 9.25. The van der Waals surface area contributed by atoms with Crippen LogP contribution in [0.1, 0.15) is 13.3 Å². The maximum Gasteiger partial charge on any atom is 0.238 e. The molecule has 0 radical (unpaired) electrons. The lowest BCUT2D eigenvalue weighted by Gasteiger charge is -2.30. The number of anilines is 1. The van der Waals surface area contributed by atoms with Crippen LogP contribution in [0.4, 0.5) is 11.4 Å². The minimum atomic E-state index is -0.546. The van der Waals surface area contributed by atoms with Gasteiger partial charge in [-0.3, -0.25) is 14.5 Å². The summed E-state index contributed by atoms with van der Waals surface area (Å²) in [6, 6.07) is 14.6. The standard InChI is InChI=1S/C20H20BrN3O3S/c1-3-24-18(25)12-17(19(26)22-15-5-4-6-16(11-15)27-2)28-20(24)23-14-9-7-13(21)8-10-14/h4-11,17H,3,12H2,1-2H3,(H,22,26). The van der Waals surface area contributed by atoms with E-state index in [9.17, 15) is 9.59 Å². The number of thioether (sulfide) groups is 1. The summed E-state index contributed by atoms with van der Waals surface area (Å²) in [5.74, 6) is 0.314. The van der Waals surface area contributed by atoms with Crippen LogP contribution < -0.4 is 10.1 Å². The lowest BCUT2D eigenvalue weighted by Crippen LogP contribution is -2.45. The van der Waals surface area contributed by atoms with Crippen LogP contribution in [0.25, 0.3) is 0 Å². The van der Waals surface area contributed by atoms with Gasteiger partial charge in [-0.25, -0.2) is 4.99 Å². The van der Waals surface area contributed by atoms with E-state index in [0.717, 1.165) is 10.2 Å². The van der Waals surface area contributed by atoms with Crippen molar-refractivity contribution in [3.05, 3.63) is 53.0 Å². The fraction of sp³-hybridized carbons (Fsp3) is 0.250. The smallest absolute Gasteiger partial charge is 0.238 e. The van der Waals surface area contributed by atoms with Crippen molar-refractivity contribution in [3.63, 3.8) is 0 Å². The van der Waals surface area contributed by atoms with Crippen molar-refractivity contribution in [1.29, 1.82) is 0 Å². The minimum absolute atomic E-state index is 0.108. The Bertz CT molecular complexity index is 902. The molecule has 1 unspecified atom stereocenters. The summed E-state index contributed by atoms with van der Waals surface area (Å²) in [4.78, 5) is 31.5. The summed E-state index contributed by atoms with van der Waals surface area (Å²) in [7, 11) is 1.57. The number of benzene rings is 2.